The first kappa shape index (κ1) is 13.8. The van der Waals surface area contributed by atoms with Crippen LogP contribution in [0.4, 0.5) is 0 Å². The van der Waals surface area contributed by atoms with Crippen LogP contribution in [0.1, 0.15) is 23.6 Å². The fourth-order valence-electron chi connectivity index (χ4n) is 2.26. The standard InChI is InChI=1S/C18H23N/c1-15-8-10-18(11-9-15)14-16(2)19-13-12-17-6-4-3-5-7-17/h3-11,16,19H,12-14H2,1-2H3. The fraction of sp³-hybridized carbons (Fsp3) is 0.333. The summed E-state index contributed by atoms with van der Waals surface area (Å²) in [5.41, 5.74) is 4.14. The molecule has 0 saturated carbocycles. The van der Waals surface area contributed by atoms with E-state index in [1.165, 1.54) is 16.7 Å². The van der Waals surface area contributed by atoms with Gasteiger partial charge < -0.3 is 5.32 Å². The van der Waals surface area contributed by atoms with Gasteiger partial charge in [0.25, 0.3) is 0 Å². The molecular formula is C18H23N. The highest BCUT2D eigenvalue weighted by molar-refractivity contribution is 5.22. The van der Waals surface area contributed by atoms with Crippen LogP contribution >= 0.6 is 0 Å². The number of benzene rings is 2. The van der Waals surface area contributed by atoms with Gasteiger partial charge in [-0.25, -0.2) is 0 Å². The Morgan fingerprint density at radius 1 is 0.895 bits per heavy atom. The molecule has 0 radical (unpaired) electrons. The van der Waals surface area contributed by atoms with Gasteiger partial charge in [-0.2, -0.15) is 0 Å². The molecule has 0 aliphatic carbocycles. The molecule has 2 rings (SSSR count). The molecule has 0 heterocycles. The van der Waals surface area contributed by atoms with Gasteiger partial charge in [-0.15, -0.1) is 0 Å². The van der Waals surface area contributed by atoms with Crippen molar-refractivity contribution < 1.29 is 0 Å². The number of aryl methyl sites for hydroxylation is 1. The molecule has 19 heavy (non-hydrogen) atoms. The summed E-state index contributed by atoms with van der Waals surface area (Å²) in [6.45, 7) is 5.42. The molecule has 0 amide bonds. The fourth-order valence-corrected chi connectivity index (χ4v) is 2.26. The van der Waals surface area contributed by atoms with Gasteiger partial charge in [0.2, 0.25) is 0 Å². The summed E-state index contributed by atoms with van der Waals surface area (Å²) in [4.78, 5) is 0. The normalized spacial score (nSPS) is 12.3. The summed E-state index contributed by atoms with van der Waals surface area (Å²) in [6, 6.07) is 20.0. The largest absolute Gasteiger partial charge is 0.314 e. The molecular weight excluding hydrogens is 230 g/mol. The van der Waals surface area contributed by atoms with E-state index in [0.29, 0.717) is 6.04 Å². The number of hydrogen-bond acceptors (Lipinski definition) is 1. The highest BCUT2D eigenvalue weighted by Crippen LogP contribution is 2.06. The van der Waals surface area contributed by atoms with Gasteiger partial charge in [0, 0.05) is 6.04 Å². The van der Waals surface area contributed by atoms with E-state index >= 15 is 0 Å². The Balaban J connectivity index is 1.73. The number of hydrogen-bond donors (Lipinski definition) is 1. The van der Waals surface area contributed by atoms with Crippen LogP contribution < -0.4 is 5.32 Å². The Morgan fingerprint density at radius 2 is 1.58 bits per heavy atom. The molecule has 0 saturated heterocycles. The van der Waals surface area contributed by atoms with Crippen molar-refractivity contribution in [2.45, 2.75) is 32.7 Å². The van der Waals surface area contributed by atoms with Crippen molar-refractivity contribution >= 4 is 0 Å². The Hall–Kier alpha value is -1.60. The first-order valence-corrected chi connectivity index (χ1v) is 7.07. The molecule has 0 fully saturated rings. The zero-order valence-electron chi connectivity index (χ0n) is 11.9. The smallest absolute Gasteiger partial charge is 0.00792 e. The maximum atomic E-state index is 3.59. The van der Waals surface area contributed by atoms with Gasteiger partial charge in [0.15, 0.2) is 0 Å². The van der Waals surface area contributed by atoms with E-state index in [0.717, 1.165) is 19.4 Å². The van der Waals surface area contributed by atoms with Crippen LogP contribution in [-0.2, 0) is 12.8 Å². The summed E-state index contributed by atoms with van der Waals surface area (Å²) in [6.07, 6.45) is 2.19. The average molecular weight is 253 g/mol. The molecule has 1 nitrogen and oxygen atoms in total. The van der Waals surface area contributed by atoms with E-state index in [1.807, 2.05) is 0 Å². The second kappa shape index (κ2) is 7.10. The van der Waals surface area contributed by atoms with Crippen LogP contribution in [0, 0.1) is 6.92 Å². The Kier molecular flexibility index (Phi) is 5.17. The minimum atomic E-state index is 0.520. The van der Waals surface area contributed by atoms with Gasteiger partial charge in [-0.3, -0.25) is 0 Å². The minimum Gasteiger partial charge on any atom is -0.314 e. The van der Waals surface area contributed by atoms with E-state index < -0.39 is 0 Å². The van der Waals surface area contributed by atoms with E-state index in [9.17, 15) is 0 Å². The maximum absolute atomic E-state index is 3.59. The third-order valence-corrected chi connectivity index (χ3v) is 3.41. The van der Waals surface area contributed by atoms with Gasteiger partial charge in [-0.1, -0.05) is 60.2 Å². The molecule has 0 aliphatic rings. The van der Waals surface area contributed by atoms with Crippen LogP contribution in [0.5, 0.6) is 0 Å². The van der Waals surface area contributed by atoms with Crippen molar-refractivity contribution in [1.82, 2.24) is 5.32 Å². The summed E-state index contributed by atoms with van der Waals surface area (Å²) >= 11 is 0. The van der Waals surface area contributed by atoms with Gasteiger partial charge >= 0.3 is 0 Å². The topological polar surface area (TPSA) is 12.0 Å². The van der Waals surface area contributed by atoms with Crippen LogP contribution in [-0.4, -0.2) is 12.6 Å². The summed E-state index contributed by atoms with van der Waals surface area (Å²) in [7, 11) is 0. The molecule has 2 aromatic carbocycles. The lowest BCUT2D eigenvalue weighted by Crippen LogP contribution is -2.29. The lowest BCUT2D eigenvalue weighted by Gasteiger charge is -2.14. The third-order valence-electron chi connectivity index (χ3n) is 3.41. The van der Waals surface area contributed by atoms with Crippen molar-refractivity contribution in [3.63, 3.8) is 0 Å². The van der Waals surface area contributed by atoms with E-state index in [1.54, 1.807) is 0 Å². The summed E-state index contributed by atoms with van der Waals surface area (Å²) < 4.78 is 0. The number of nitrogens with one attached hydrogen (secondary N) is 1. The molecule has 0 aliphatic heterocycles. The highest BCUT2D eigenvalue weighted by atomic mass is 14.9. The molecule has 1 heteroatoms. The predicted molar refractivity (Wildman–Crippen MR) is 82.5 cm³/mol. The molecule has 0 bridgehead atoms. The quantitative estimate of drug-likeness (QED) is 0.826. The second-order valence-corrected chi connectivity index (χ2v) is 5.28. The first-order valence-electron chi connectivity index (χ1n) is 7.07. The molecule has 1 atom stereocenters. The van der Waals surface area contributed by atoms with Crippen molar-refractivity contribution in [2.75, 3.05) is 6.54 Å². The zero-order valence-corrected chi connectivity index (χ0v) is 11.9. The number of rotatable bonds is 6. The van der Waals surface area contributed by atoms with Gasteiger partial charge in [0.05, 0.1) is 0 Å². The Labute approximate surface area is 116 Å². The average Bonchev–Trinajstić information content (AvgIpc) is 2.43. The van der Waals surface area contributed by atoms with Crippen LogP contribution in [0.3, 0.4) is 0 Å². The van der Waals surface area contributed by atoms with Gasteiger partial charge in [-0.05, 0) is 44.4 Å². The Morgan fingerprint density at radius 3 is 2.26 bits per heavy atom. The summed E-state index contributed by atoms with van der Waals surface area (Å²) in [5, 5.41) is 3.59. The van der Waals surface area contributed by atoms with Crippen molar-refractivity contribution in [2.24, 2.45) is 0 Å². The van der Waals surface area contributed by atoms with Crippen molar-refractivity contribution in [1.29, 1.82) is 0 Å². The first-order chi connectivity index (χ1) is 9.24. The maximum Gasteiger partial charge on any atom is 0.00792 e. The molecule has 0 aromatic heterocycles. The molecule has 1 N–H and O–H groups in total. The molecule has 100 valence electrons. The summed E-state index contributed by atoms with van der Waals surface area (Å²) in [5.74, 6) is 0. The molecule has 0 spiro atoms. The predicted octanol–water partition coefficient (Wildman–Crippen LogP) is 3.76. The minimum absolute atomic E-state index is 0.520. The van der Waals surface area contributed by atoms with Crippen LogP contribution in [0.25, 0.3) is 0 Å². The molecule has 2 aromatic rings. The highest BCUT2D eigenvalue weighted by Gasteiger charge is 2.02. The van der Waals surface area contributed by atoms with Gasteiger partial charge in [0.1, 0.15) is 0 Å². The molecule has 1 unspecified atom stereocenters. The van der Waals surface area contributed by atoms with Crippen LogP contribution in [0.2, 0.25) is 0 Å². The third kappa shape index (κ3) is 4.88. The van der Waals surface area contributed by atoms with E-state index in [4.69, 9.17) is 0 Å². The SMILES string of the molecule is Cc1ccc(CC(C)NCCc2ccccc2)cc1. The van der Waals surface area contributed by atoms with Crippen molar-refractivity contribution in [3.8, 4) is 0 Å². The van der Waals surface area contributed by atoms with Crippen molar-refractivity contribution in [3.05, 3.63) is 71.3 Å². The lowest BCUT2D eigenvalue weighted by molar-refractivity contribution is 0.548. The Bertz CT molecular complexity index is 473. The van der Waals surface area contributed by atoms with E-state index in [2.05, 4.69) is 73.8 Å². The zero-order chi connectivity index (χ0) is 13.5. The monoisotopic (exact) mass is 253 g/mol. The van der Waals surface area contributed by atoms with Crippen LogP contribution in [0.15, 0.2) is 54.6 Å². The van der Waals surface area contributed by atoms with E-state index in [-0.39, 0.29) is 0 Å². The second-order valence-electron chi connectivity index (χ2n) is 5.28. The lowest BCUT2D eigenvalue weighted by atomic mass is 10.1.